The van der Waals surface area contributed by atoms with Gasteiger partial charge in [-0.2, -0.15) is 0 Å². The molecule has 158 valence electrons. The van der Waals surface area contributed by atoms with Crippen molar-refractivity contribution in [3.8, 4) is 0 Å². The SMILES string of the molecule is c1ccc(Nc2cccc3c2oc2c(C4CC5CCC4CC5)cc4ccccc4c23)cc1. The number of fused-ring (bicyclic) bond motifs is 8. The first-order valence-electron chi connectivity index (χ1n) is 12.0. The van der Waals surface area contributed by atoms with Crippen LogP contribution in [0.15, 0.2) is 83.3 Å². The van der Waals surface area contributed by atoms with Gasteiger partial charge in [-0.15, -0.1) is 0 Å². The van der Waals surface area contributed by atoms with E-state index in [9.17, 15) is 0 Å². The van der Waals surface area contributed by atoms with E-state index in [1.807, 2.05) is 6.07 Å². The third-order valence-electron chi connectivity index (χ3n) is 8.02. The topological polar surface area (TPSA) is 25.2 Å². The van der Waals surface area contributed by atoms with Gasteiger partial charge < -0.3 is 9.73 Å². The van der Waals surface area contributed by atoms with Gasteiger partial charge in [-0.1, -0.05) is 67.4 Å². The van der Waals surface area contributed by atoms with Crippen LogP contribution in [0.4, 0.5) is 11.4 Å². The lowest BCUT2D eigenvalue weighted by Gasteiger charge is -2.42. The molecule has 2 nitrogen and oxygen atoms in total. The molecule has 4 aromatic carbocycles. The van der Waals surface area contributed by atoms with Crippen LogP contribution >= 0.6 is 0 Å². The van der Waals surface area contributed by atoms with E-state index in [1.54, 1.807) is 0 Å². The van der Waals surface area contributed by atoms with Crippen molar-refractivity contribution in [2.24, 2.45) is 11.8 Å². The van der Waals surface area contributed by atoms with Gasteiger partial charge in [0.2, 0.25) is 0 Å². The number of rotatable bonds is 3. The van der Waals surface area contributed by atoms with Crippen molar-refractivity contribution < 1.29 is 4.42 Å². The van der Waals surface area contributed by atoms with Crippen molar-refractivity contribution in [1.82, 2.24) is 0 Å². The lowest BCUT2D eigenvalue weighted by molar-refractivity contribution is 0.145. The summed E-state index contributed by atoms with van der Waals surface area (Å²) >= 11 is 0. The third-order valence-corrected chi connectivity index (χ3v) is 8.02. The molecule has 0 saturated heterocycles. The molecule has 32 heavy (non-hydrogen) atoms. The second-order valence-corrected chi connectivity index (χ2v) is 9.79. The molecular weight excluding hydrogens is 390 g/mol. The second-order valence-electron chi connectivity index (χ2n) is 9.79. The monoisotopic (exact) mass is 417 g/mol. The van der Waals surface area contributed by atoms with E-state index in [4.69, 9.17) is 4.42 Å². The fourth-order valence-electron chi connectivity index (χ4n) is 6.48. The zero-order valence-electron chi connectivity index (χ0n) is 18.2. The van der Waals surface area contributed by atoms with E-state index in [0.717, 1.165) is 34.4 Å². The average Bonchev–Trinajstić information content (AvgIpc) is 3.26. The standard InChI is InChI=1S/C30H27NO/c1-2-8-22(9-3-1)31-27-12-6-11-24-28-23-10-5-4-7-21(23)18-26(30(28)32-29(24)27)25-17-19-13-15-20(25)16-14-19/h1-12,18-20,25,31H,13-17H2. The van der Waals surface area contributed by atoms with Gasteiger partial charge in [0.05, 0.1) is 5.69 Å². The van der Waals surface area contributed by atoms with Crippen LogP contribution in [0.1, 0.15) is 43.6 Å². The molecule has 3 fully saturated rings. The summed E-state index contributed by atoms with van der Waals surface area (Å²) in [6, 6.07) is 28.1. The van der Waals surface area contributed by atoms with Crippen LogP contribution in [0.5, 0.6) is 0 Å². The van der Waals surface area contributed by atoms with Crippen LogP contribution in [0.2, 0.25) is 0 Å². The summed E-state index contributed by atoms with van der Waals surface area (Å²) in [6.07, 6.45) is 6.92. The maximum absolute atomic E-state index is 6.79. The van der Waals surface area contributed by atoms with Gasteiger partial charge in [0.25, 0.3) is 0 Å². The number of furan rings is 1. The molecular formula is C30H27NO. The fourth-order valence-corrected chi connectivity index (χ4v) is 6.48. The van der Waals surface area contributed by atoms with Crippen molar-refractivity contribution in [3.63, 3.8) is 0 Å². The molecule has 1 unspecified atom stereocenters. The average molecular weight is 418 g/mol. The Balaban J connectivity index is 1.50. The quantitative estimate of drug-likeness (QED) is 0.317. The summed E-state index contributed by atoms with van der Waals surface area (Å²) in [5, 5.41) is 8.71. The van der Waals surface area contributed by atoms with Crippen LogP contribution in [-0.2, 0) is 0 Å². The molecule has 0 amide bonds. The highest BCUT2D eigenvalue weighted by Crippen LogP contribution is 2.52. The lowest BCUT2D eigenvalue weighted by Crippen LogP contribution is -2.29. The Morgan fingerprint density at radius 1 is 0.719 bits per heavy atom. The summed E-state index contributed by atoms with van der Waals surface area (Å²) < 4.78 is 6.79. The molecule has 1 atom stereocenters. The highest BCUT2D eigenvalue weighted by Gasteiger charge is 2.38. The number of hydrogen-bond donors (Lipinski definition) is 1. The molecule has 8 rings (SSSR count). The predicted molar refractivity (Wildman–Crippen MR) is 134 cm³/mol. The predicted octanol–water partition coefficient (Wildman–Crippen LogP) is 8.78. The van der Waals surface area contributed by atoms with Crippen molar-refractivity contribution >= 4 is 44.1 Å². The Morgan fingerprint density at radius 2 is 1.50 bits per heavy atom. The first-order chi connectivity index (χ1) is 15.8. The van der Waals surface area contributed by atoms with Crippen molar-refractivity contribution in [2.75, 3.05) is 5.32 Å². The van der Waals surface area contributed by atoms with Gasteiger partial charge in [-0.05, 0) is 77.6 Å². The molecule has 1 aromatic heterocycles. The zero-order valence-corrected chi connectivity index (χ0v) is 18.2. The van der Waals surface area contributed by atoms with Gasteiger partial charge >= 0.3 is 0 Å². The third kappa shape index (κ3) is 2.79. The van der Waals surface area contributed by atoms with E-state index in [0.29, 0.717) is 5.92 Å². The minimum atomic E-state index is 0.626. The Hall–Kier alpha value is -3.26. The summed E-state index contributed by atoms with van der Waals surface area (Å²) in [6.45, 7) is 0. The Kier molecular flexibility index (Phi) is 4.08. The van der Waals surface area contributed by atoms with E-state index in [1.165, 1.54) is 59.2 Å². The molecule has 3 aliphatic carbocycles. The van der Waals surface area contributed by atoms with Crippen LogP contribution in [-0.4, -0.2) is 0 Å². The fraction of sp³-hybridized carbons (Fsp3) is 0.267. The van der Waals surface area contributed by atoms with Gasteiger partial charge in [0.1, 0.15) is 5.58 Å². The minimum absolute atomic E-state index is 0.626. The number of benzene rings is 4. The first kappa shape index (κ1) is 18.3. The molecule has 1 heterocycles. The first-order valence-corrected chi connectivity index (χ1v) is 12.0. The maximum atomic E-state index is 6.79. The number of para-hydroxylation sites is 2. The Morgan fingerprint density at radius 3 is 2.31 bits per heavy atom. The second kappa shape index (κ2) is 7.13. The minimum Gasteiger partial charge on any atom is -0.454 e. The van der Waals surface area contributed by atoms with Gasteiger partial charge in [-0.25, -0.2) is 0 Å². The highest BCUT2D eigenvalue weighted by atomic mass is 16.3. The number of hydrogen-bond acceptors (Lipinski definition) is 2. The van der Waals surface area contributed by atoms with E-state index in [2.05, 4.69) is 78.1 Å². The Labute approximate surface area is 188 Å². The van der Waals surface area contributed by atoms with Crippen LogP contribution in [0.25, 0.3) is 32.7 Å². The smallest absolute Gasteiger partial charge is 0.158 e. The molecule has 2 bridgehead atoms. The number of nitrogens with one attached hydrogen (secondary N) is 1. The summed E-state index contributed by atoms with van der Waals surface area (Å²) in [4.78, 5) is 0. The van der Waals surface area contributed by atoms with E-state index >= 15 is 0 Å². The van der Waals surface area contributed by atoms with Crippen molar-refractivity contribution in [1.29, 1.82) is 0 Å². The van der Waals surface area contributed by atoms with Gasteiger partial charge in [-0.3, -0.25) is 0 Å². The van der Waals surface area contributed by atoms with Crippen LogP contribution in [0.3, 0.4) is 0 Å². The normalized spacial score (nSPS) is 22.7. The molecule has 1 N–H and O–H groups in total. The van der Waals surface area contributed by atoms with Crippen molar-refractivity contribution in [2.45, 2.75) is 38.0 Å². The molecule has 0 spiro atoms. The summed E-state index contributed by atoms with van der Waals surface area (Å²) in [5.74, 6) is 2.33. The zero-order chi connectivity index (χ0) is 21.1. The molecule has 3 saturated carbocycles. The largest absolute Gasteiger partial charge is 0.454 e. The molecule has 0 radical (unpaired) electrons. The van der Waals surface area contributed by atoms with Gasteiger partial charge in [0.15, 0.2) is 5.58 Å². The van der Waals surface area contributed by atoms with Crippen LogP contribution < -0.4 is 5.32 Å². The molecule has 2 heteroatoms. The Bertz CT molecular complexity index is 1440. The van der Waals surface area contributed by atoms with E-state index in [-0.39, 0.29) is 0 Å². The molecule has 3 aliphatic rings. The lowest BCUT2D eigenvalue weighted by atomic mass is 9.62. The van der Waals surface area contributed by atoms with Crippen LogP contribution in [0, 0.1) is 11.8 Å². The number of anilines is 2. The molecule has 0 aliphatic heterocycles. The molecule has 5 aromatic rings. The van der Waals surface area contributed by atoms with Gasteiger partial charge in [0, 0.05) is 16.5 Å². The van der Waals surface area contributed by atoms with E-state index < -0.39 is 0 Å². The maximum Gasteiger partial charge on any atom is 0.158 e. The van der Waals surface area contributed by atoms with Crippen molar-refractivity contribution in [3.05, 3.63) is 84.4 Å². The highest BCUT2D eigenvalue weighted by molar-refractivity contribution is 6.21. The summed E-state index contributed by atoms with van der Waals surface area (Å²) in [7, 11) is 0. The summed E-state index contributed by atoms with van der Waals surface area (Å²) in [5.41, 5.74) is 5.62.